The number of rotatable bonds is 12. The summed E-state index contributed by atoms with van der Waals surface area (Å²) in [4.78, 5) is 17.2. The van der Waals surface area contributed by atoms with Crippen LogP contribution < -0.4 is 4.90 Å². The fraction of sp³-hybridized carbons (Fsp3) is 0.423. The number of carbonyl (C=O) groups excluding carboxylic acids is 1. The van der Waals surface area contributed by atoms with Crippen molar-refractivity contribution < 1.29 is 4.79 Å². The van der Waals surface area contributed by atoms with Crippen LogP contribution in [0.15, 0.2) is 54.6 Å². The van der Waals surface area contributed by atoms with Gasteiger partial charge in [0.05, 0.1) is 0 Å². The van der Waals surface area contributed by atoms with Gasteiger partial charge in [0.25, 0.3) is 0 Å². The molecular formula is C26H36N2O. The Bertz CT molecular complexity index is 770. The summed E-state index contributed by atoms with van der Waals surface area (Å²) in [6.45, 7) is 7.46. The monoisotopic (exact) mass is 392 g/mol. The van der Waals surface area contributed by atoms with Crippen molar-refractivity contribution in [3.63, 3.8) is 0 Å². The van der Waals surface area contributed by atoms with Crippen molar-refractivity contribution in [1.29, 1.82) is 0 Å². The van der Waals surface area contributed by atoms with Crippen LogP contribution in [0.2, 0.25) is 0 Å². The van der Waals surface area contributed by atoms with Crippen molar-refractivity contribution in [2.24, 2.45) is 0 Å². The van der Waals surface area contributed by atoms with Crippen LogP contribution in [0.3, 0.4) is 0 Å². The van der Waals surface area contributed by atoms with Gasteiger partial charge in [0.2, 0.25) is 0 Å². The van der Waals surface area contributed by atoms with Crippen LogP contribution in [0.1, 0.15) is 61.0 Å². The second kappa shape index (κ2) is 12.2. The molecule has 3 nitrogen and oxygen atoms in total. The molecule has 0 saturated carbocycles. The minimum absolute atomic E-state index is 0.0462. The highest BCUT2D eigenvalue weighted by Gasteiger charge is 2.08. The molecule has 2 aromatic rings. The van der Waals surface area contributed by atoms with Gasteiger partial charge < -0.3 is 9.80 Å². The van der Waals surface area contributed by atoms with Gasteiger partial charge in [0.1, 0.15) is 0 Å². The fourth-order valence-electron chi connectivity index (χ4n) is 3.35. The molecule has 156 valence electrons. The maximum absolute atomic E-state index is 12.7. The summed E-state index contributed by atoms with van der Waals surface area (Å²) in [6, 6.07) is 16.3. The van der Waals surface area contributed by atoms with Gasteiger partial charge in [0, 0.05) is 30.9 Å². The fourth-order valence-corrected chi connectivity index (χ4v) is 3.35. The van der Waals surface area contributed by atoms with Gasteiger partial charge >= 0.3 is 0 Å². The summed E-state index contributed by atoms with van der Waals surface area (Å²) in [6.07, 6.45) is 8.40. The van der Waals surface area contributed by atoms with Crippen molar-refractivity contribution in [1.82, 2.24) is 4.90 Å². The van der Waals surface area contributed by atoms with E-state index >= 15 is 0 Å². The first-order valence-electron chi connectivity index (χ1n) is 10.8. The average Bonchev–Trinajstić information content (AvgIpc) is 2.73. The SMILES string of the molecule is CCCCN(CCCC)c1ccc(C(=O)/C=C/c2ccccc2CN(C)C)cc1. The molecule has 0 amide bonds. The molecule has 3 heteroatoms. The Balaban J connectivity index is 2.09. The van der Waals surface area contributed by atoms with Gasteiger partial charge in [-0.15, -0.1) is 0 Å². The molecule has 0 aliphatic carbocycles. The molecule has 0 aliphatic rings. The number of benzene rings is 2. The second-order valence-electron chi connectivity index (χ2n) is 7.88. The van der Waals surface area contributed by atoms with E-state index < -0.39 is 0 Å². The zero-order chi connectivity index (χ0) is 21.1. The molecule has 0 fully saturated rings. The predicted octanol–water partition coefficient (Wildman–Crippen LogP) is 6.05. The highest BCUT2D eigenvalue weighted by atomic mass is 16.1. The molecule has 0 saturated heterocycles. The molecule has 0 heterocycles. The van der Waals surface area contributed by atoms with Gasteiger partial charge in [0.15, 0.2) is 5.78 Å². The van der Waals surface area contributed by atoms with E-state index in [2.05, 4.69) is 62.0 Å². The number of hydrogen-bond acceptors (Lipinski definition) is 3. The number of unbranched alkanes of at least 4 members (excludes halogenated alkanes) is 2. The van der Waals surface area contributed by atoms with Crippen LogP contribution >= 0.6 is 0 Å². The lowest BCUT2D eigenvalue weighted by Gasteiger charge is -2.24. The van der Waals surface area contributed by atoms with E-state index in [4.69, 9.17) is 0 Å². The number of ketones is 1. The first-order chi connectivity index (χ1) is 14.0. The average molecular weight is 393 g/mol. The first kappa shape index (κ1) is 22.9. The molecule has 0 radical (unpaired) electrons. The third kappa shape index (κ3) is 7.51. The summed E-state index contributed by atoms with van der Waals surface area (Å²) in [5, 5.41) is 0. The molecule has 2 rings (SSSR count). The molecular weight excluding hydrogens is 356 g/mol. The normalized spacial score (nSPS) is 11.3. The Hall–Kier alpha value is -2.39. The predicted molar refractivity (Wildman–Crippen MR) is 126 cm³/mol. The standard InChI is InChI=1S/C26H36N2O/c1-5-7-19-28(20-8-6-2)25-16-13-23(14-17-25)26(29)18-15-22-11-9-10-12-24(22)21-27(3)4/h9-18H,5-8,19-21H2,1-4H3/b18-15+. The molecule has 0 atom stereocenters. The van der Waals surface area contributed by atoms with Gasteiger partial charge in [-0.25, -0.2) is 0 Å². The summed E-state index contributed by atoms with van der Waals surface area (Å²) in [7, 11) is 4.11. The first-order valence-corrected chi connectivity index (χ1v) is 10.8. The van der Waals surface area contributed by atoms with Crippen LogP contribution in [-0.2, 0) is 6.54 Å². The van der Waals surface area contributed by atoms with Crippen molar-refractivity contribution in [3.8, 4) is 0 Å². The summed E-state index contributed by atoms with van der Waals surface area (Å²) in [5.41, 5.74) is 4.26. The van der Waals surface area contributed by atoms with Gasteiger partial charge in [-0.05, 0) is 68.4 Å². The number of hydrogen-bond donors (Lipinski definition) is 0. The van der Waals surface area contributed by atoms with E-state index in [9.17, 15) is 4.79 Å². The Morgan fingerprint density at radius 1 is 0.897 bits per heavy atom. The van der Waals surface area contributed by atoms with E-state index in [0.29, 0.717) is 0 Å². The number of anilines is 1. The zero-order valence-electron chi connectivity index (χ0n) is 18.5. The third-order valence-corrected chi connectivity index (χ3v) is 5.04. The van der Waals surface area contributed by atoms with E-state index in [1.165, 1.54) is 36.9 Å². The maximum atomic E-state index is 12.7. The highest BCUT2D eigenvalue weighted by Crippen LogP contribution is 2.18. The Kier molecular flexibility index (Phi) is 9.66. The Morgan fingerprint density at radius 3 is 2.10 bits per heavy atom. The molecule has 0 unspecified atom stereocenters. The van der Waals surface area contributed by atoms with Crippen molar-refractivity contribution in [3.05, 3.63) is 71.3 Å². The second-order valence-corrected chi connectivity index (χ2v) is 7.88. The number of nitrogens with zero attached hydrogens (tertiary/aromatic N) is 2. The number of carbonyl (C=O) groups is 1. The lowest BCUT2D eigenvalue weighted by Crippen LogP contribution is -2.25. The lowest BCUT2D eigenvalue weighted by atomic mass is 10.0. The van der Waals surface area contributed by atoms with Gasteiger partial charge in [-0.2, -0.15) is 0 Å². The lowest BCUT2D eigenvalue weighted by molar-refractivity contribution is 0.104. The van der Waals surface area contributed by atoms with Crippen LogP contribution in [-0.4, -0.2) is 37.9 Å². The molecule has 0 spiro atoms. The quantitative estimate of drug-likeness (QED) is 0.324. The van der Waals surface area contributed by atoms with Gasteiger partial charge in [-0.3, -0.25) is 4.79 Å². The molecule has 0 aliphatic heterocycles. The summed E-state index contributed by atoms with van der Waals surface area (Å²) in [5.74, 6) is 0.0462. The smallest absolute Gasteiger partial charge is 0.185 e. The maximum Gasteiger partial charge on any atom is 0.185 e. The largest absolute Gasteiger partial charge is 0.372 e. The van der Waals surface area contributed by atoms with E-state index in [1.54, 1.807) is 6.08 Å². The molecule has 0 N–H and O–H groups in total. The third-order valence-electron chi connectivity index (χ3n) is 5.04. The van der Waals surface area contributed by atoms with Gasteiger partial charge in [-0.1, -0.05) is 57.0 Å². The molecule has 0 bridgehead atoms. The summed E-state index contributed by atoms with van der Waals surface area (Å²) < 4.78 is 0. The number of allylic oxidation sites excluding steroid dienone is 1. The van der Waals surface area contributed by atoms with E-state index in [0.717, 1.165) is 30.8 Å². The van der Waals surface area contributed by atoms with Crippen molar-refractivity contribution >= 4 is 17.5 Å². The van der Waals surface area contributed by atoms with Crippen LogP contribution in [0.4, 0.5) is 5.69 Å². The van der Waals surface area contributed by atoms with E-state index in [-0.39, 0.29) is 5.78 Å². The van der Waals surface area contributed by atoms with Crippen LogP contribution in [0.25, 0.3) is 6.08 Å². The minimum atomic E-state index is 0.0462. The van der Waals surface area contributed by atoms with Crippen molar-refractivity contribution in [2.45, 2.75) is 46.1 Å². The van der Waals surface area contributed by atoms with Crippen molar-refractivity contribution in [2.75, 3.05) is 32.1 Å². The molecule has 2 aromatic carbocycles. The van der Waals surface area contributed by atoms with E-state index in [1.807, 2.05) is 30.3 Å². The topological polar surface area (TPSA) is 23.6 Å². The molecule has 29 heavy (non-hydrogen) atoms. The molecule has 0 aromatic heterocycles. The highest BCUT2D eigenvalue weighted by molar-refractivity contribution is 6.07. The Morgan fingerprint density at radius 2 is 1.52 bits per heavy atom. The zero-order valence-corrected chi connectivity index (χ0v) is 18.5. The van der Waals surface area contributed by atoms with Crippen LogP contribution in [0.5, 0.6) is 0 Å². The van der Waals surface area contributed by atoms with Crippen LogP contribution in [0, 0.1) is 0 Å². The summed E-state index contributed by atoms with van der Waals surface area (Å²) >= 11 is 0. The Labute approximate surface area is 177 Å². The minimum Gasteiger partial charge on any atom is -0.372 e.